The van der Waals surface area contributed by atoms with E-state index in [2.05, 4.69) is 14.9 Å². The van der Waals surface area contributed by atoms with Gasteiger partial charge in [-0.25, -0.2) is 9.97 Å². The van der Waals surface area contributed by atoms with Crippen molar-refractivity contribution in [1.29, 1.82) is 0 Å². The summed E-state index contributed by atoms with van der Waals surface area (Å²) in [5.41, 5.74) is 2.15. The SMILES string of the molecule is COc1ccc(-c2nc(C(=O)N3CCN(Cc4cc(=O)n5ccsc5n4)CC3)cs2)cc1. The number of hydrogen-bond donors (Lipinski definition) is 0. The average Bonchev–Trinajstić information content (AvgIpc) is 3.49. The van der Waals surface area contributed by atoms with Crippen molar-refractivity contribution in [2.45, 2.75) is 6.54 Å². The van der Waals surface area contributed by atoms with E-state index in [4.69, 9.17) is 4.74 Å². The van der Waals surface area contributed by atoms with Gasteiger partial charge in [-0.05, 0) is 24.3 Å². The summed E-state index contributed by atoms with van der Waals surface area (Å²) in [6, 6.07) is 9.25. The third kappa shape index (κ3) is 4.16. The molecule has 1 aromatic carbocycles. The van der Waals surface area contributed by atoms with E-state index in [0.29, 0.717) is 30.3 Å². The lowest BCUT2D eigenvalue weighted by atomic mass is 10.2. The number of thiazole rings is 2. The zero-order chi connectivity index (χ0) is 22.1. The number of amides is 1. The predicted molar refractivity (Wildman–Crippen MR) is 125 cm³/mol. The van der Waals surface area contributed by atoms with Crippen molar-refractivity contribution in [3.8, 4) is 16.3 Å². The summed E-state index contributed by atoms with van der Waals surface area (Å²) >= 11 is 2.91. The fourth-order valence-electron chi connectivity index (χ4n) is 3.71. The van der Waals surface area contributed by atoms with Crippen molar-refractivity contribution < 1.29 is 9.53 Å². The summed E-state index contributed by atoms with van der Waals surface area (Å²) in [6.07, 6.45) is 1.74. The van der Waals surface area contributed by atoms with Gasteiger partial charge in [0.25, 0.3) is 11.5 Å². The van der Waals surface area contributed by atoms with Crippen LogP contribution < -0.4 is 10.3 Å². The fraction of sp³-hybridized carbons (Fsp3) is 0.273. The monoisotopic (exact) mass is 467 g/mol. The van der Waals surface area contributed by atoms with Crippen LogP contribution >= 0.6 is 22.7 Å². The van der Waals surface area contributed by atoms with Gasteiger partial charge in [-0.3, -0.25) is 18.9 Å². The molecule has 4 aromatic rings. The molecule has 5 rings (SSSR count). The Balaban J connectivity index is 1.20. The zero-order valence-electron chi connectivity index (χ0n) is 17.4. The molecule has 10 heteroatoms. The standard InChI is InChI=1S/C22H21N5O3S2/c1-30-17-4-2-15(3-5-17)20-24-18(14-32-20)21(29)26-8-6-25(7-9-26)13-16-12-19(28)27-10-11-31-22(27)23-16/h2-5,10-12,14H,6-9,13H2,1H3. The Kier molecular flexibility index (Phi) is 5.73. The van der Waals surface area contributed by atoms with Crippen LogP contribution in [0, 0.1) is 0 Å². The predicted octanol–water partition coefficient (Wildman–Crippen LogP) is 2.85. The first kappa shape index (κ1) is 20.8. The minimum Gasteiger partial charge on any atom is -0.497 e. The first-order valence-electron chi connectivity index (χ1n) is 10.2. The lowest BCUT2D eigenvalue weighted by Gasteiger charge is -2.34. The van der Waals surface area contributed by atoms with Crippen molar-refractivity contribution in [1.82, 2.24) is 24.2 Å². The lowest BCUT2D eigenvalue weighted by molar-refractivity contribution is 0.0622. The van der Waals surface area contributed by atoms with Crippen molar-refractivity contribution >= 4 is 33.5 Å². The second kappa shape index (κ2) is 8.81. The number of carbonyl (C=O) groups excluding carboxylic acids is 1. The maximum absolute atomic E-state index is 12.9. The molecule has 0 aliphatic carbocycles. The first-order valence-corrected chi connectivity index (χ1v) is 11.9. The van der Waals surface area contributed by atoms with Crippen LogP contribution in [0.25, 0.3) is 15.5 Å². The molecule has 164 valence electrons. The number of aromatic nitrogens is 3. The topological polar surface area (TPSA) is 80.0 Å². The van der Waals surface area contributed by atoms with Gasteiger partial charge in [0, 0.05) is 61.3 Å². The van der Waals surface area contributed by atoms with Crippen LogP contribution in [0.1, 0.15) is 16.2 Å². The molecule has 1 fully saturated rings. The van der Waals surface area contributed by atoms with Gasteiger partial charge in [-0.15, -0.1) is 22.7 Å². The molecule has 8 nitrogen and oxygen atoms in total. The van der Waals surface area contributed by atoms with E-state index in [9.17, 15) is 9.59 Å². The zero-order valence-corrected chi connectivity index (χ0v) is 19.1. The average molecular weight is 468 g/mol. The van der Waals surface area contributed by atoms with Crippen LogP contribution in [0.15, 0.2) is 52.1 Å². The number of rotatable bonds is 5. The Labute approximate surface area is 192 Å². The minimum absolute atomic E-state index is 0.0444. The highest BCUT2D eigenvalue weighted by molar-refractivity contribution is 7.15. The number of carbonyl (C=O) groups is 1. The van der Waals surface area contributed by atoms with Crippen LogP contribution in [0.2, 0.25) is 0 Å². The fourth-order valence-corrected chi connectivity index (χ4v) is 5.25. The van der Waals surface area contributed by atoms with E-state index in [0.717, 1.165) is 35.1 Å². The van der Waals surface area contributed by atoms with Gasteiger partial charge >= 0.3 is 0 Å². The molecular weight excluding hydrogens is 446 g/mol. The summed E-state index contributed by atoms with van der Waals surface area (Å²) < 4.78 is 6.75. The van der Waals surface area contributed by atoms with Gasteiger partial charge in [0.2, 0.25) is 0 Å². The maximum atomic E-state index is 12.9. The number of ether oxygens (including phenoxy) is 1. The molecule has 32 heavy (non-hydrogen) atoms. The summed E-state index contributed by atoms with van der Waals surface area (Å²) in [7, 11) is 1.63. The Morgan fingerprint density at radius 1 is 1.09 bits per heavy atom. The molecule has 3 aromatic heterocycles. The van der Waals surface area contributed by atoms with Crippen LogP contribution in [0.5, 0.6) is 5.75 Å². The van der Waals surface area contributed by atoms with E-state index in [-0.39, 0.29) is 11.5 Å². The molecule has 0 unspecified atom stereocenters. The smallest absolute Gasteiger partial charge is 0.273 e. The number of methoxy groups -OCH3 is 1. The van der Waals surface area contributed by atoms with Gasteiger partial charge < -0.3 is 9.64 Å². The highest BCUT2D eigenvalue weighted by Gasteiger charge is 2.24. The third-order valence-corrected chi connectivity index (χ3v) is 7.11. The van der Waals surface area contributed by atoms with E-state index in [1.54, 1.807) is 23.8 Å². The largest absolute Gasteiger partial charge is 0.497 e. The number of hydrogen-bond acceptors (Lipinski definition) is 8. The van der Waals surface area contributed by atoms with Gasteiger partial charge in [0.15, 0.2) is 4.96 Å². The van der Waals surface area contributed by atoms with Gasteiger partial charge in [-0.2, -0.15) is 0 Å². The second-order valence-corrected chi connectivity index (χ2v) is 9.21. The van der Waals surface area contributed by atoms with Crippen LogP contribution in [0.3, 0.4) is 0 Å². The summed E-state index contributed by atoms with van der Waals surface area (Å²) in [5, 5.41) is 4.49. The molecule has 0 atom stereocenters. The highest BCUT2D eigenvalue weighted by Crippen LogP contribution is 2.26. The summed E-state index contributed by atoms with van der Waals surface area (Å²) in [6.45, 7) is 3.30. The molecule has 1 aliphatic rings. The van der Waals surface area contributed by atoms with E-state index in [1.807, 2.05) is 39.9 Å². The maximum Gasteiger partial charge on any atom is 0.273 e. The van der Waals surface area contributed by atoms with Crippen molar-refractivity contribution in [3.05, 3.63) is 69.0 Å². The Bertz CT molecular complexity index is 1300. The molecular formula is C22H21N5O3S2. The van der Waals surface area contributed by atoms with Crippen molar-refractivity contribution in [3.63, 3.8) is 0 Å². The Morgan fingerprint density at radius 3 is 2.62 bits per heavy atom. The quantitative estimate of drug-likeness (QED) is 0.449. The summed E-state index contributed by atoms with van der Waals surface area (Å²) in [4.78, 5) is 39.0. The van der Waals surface area contributed by atoms with E-state index >= 15 is 0 Å². The van der Waals surface area contributed by atoms with Crippen molar-refractivity contribution in [2.24, 2.45) is 0 Å². The van der Waals surface area contributed by atoms with Crippen LogP contribution in [-0.2, 0) is 6.54 Å². The number of piperazine rings is 1. The molecule has 4 heterocycles. The number of benzene rings is 1. The van der Waals surface area contributed by atoms with Gasteiger partial charge in [0.1, 0.15) is 16.5 Å². The molecule has 1 aliphatic heterocycles. The summed E-state index contributed by atoms with van der Waals surface area (Å²) in [5.74, 6) is 0.743. The van der Waals surface area contributed by atoms with E-state index in [1.165, 1.54) is 22.7 Å². The molecule has 0 bridgehead atoms. The molecule has 1 saturated heterocycles. The molecule has 0 saturated carbocycles. The normalized spacial score (nSPS) is 14.7. The van der Waals surface area contributed by atoms with Crippen LogP contribution in [-0.4, -0.2) is 63.4 Å². The highest BCUT2D eigenvalue weighted by atomic mass is 32.1. The Morgan fingerprint density at radius 2 is 1.88 bits per heavy atom. The van der Waals surface area contributed by atoms with Gasteiger partial charge in [-0.1, -0.05) is 0 Å². The molecule has 0 N–H and O–H groups in total. The second-order valence-electron chi connectivity index (χ2n) is 7.48. The van der Waals surface area contributed by atoms with E-state index < -0.39 is 0 Å². The van der Waals surface area contributed by atoms with Crippen molar-refractivity contribution in [2.75, 3.05) is 33.3 Å². The number of fused-ring (bicyclic) bond motifs is 1. The van der Waals surface area contributed by atoms with Gasteiger partial charge in [0.05, 0.1) is 12.8 Å². The molecule has 0 radical (unpaired) electrons. The molecule has 1 amide bonds. The molecule has 0 spiro atoms. The first-order chi connectivity index (χ1) is 15.6. The number of nitrogens with zero attached hydrogens (tertiary/aromatic N) is 5. The Hall–Kier alpha value is -3.08. The minimum atomic E-state index is -0.0590. The third-order valence-electron chi connectivity index (χ3n) is 5.46. The van der Waals surface area contributed by atoms with Crippen LogP contribution in [0.4, 0.5) is 0 Å². The lowest BCUT2D eigenvalue weighted by Crippen LogP contribution is -2.48.